The van der Waals surface area contributed by atoms with Crippen LogP contribution in [0.5, 0.6) is 0 Å². The first kappa shape index (κ1) is 19.7. The number of hydrogen-bond acceptors (Lipinski definition) is 5. The number of carbonyl (C=O) groups excluding carboxylic acids is 1. The molecule has 1 aromatic heterocycles. The fraction of sp³-hybridized carbons (Fsp3) is 0.450. The third kappa shape index (κ3) is 5.45. The molecular formula is C20H29N5OS. The van der Waals surface area contributed by atoms with Crippen molar-refractivity contribution in [2.24, 2.45) is 0 Å². The minimum atomic E-state index is -0.151. The fourth-order valence-corrected chi connectivity index (χ4v) is 3.89. The summed E-state index contributed by atoms with van der Waals surface area (Å²) >= 11 is 1.52. The number of likely N-dealkylation sites (N-methyl/N-ethyl adjacent to an activating group) is 1. The van der Waals surface area contributed by atoms with E-state index in [-0.39, 0.29) is 12.1 Å². The van der Waals surface area contributed by atoms with Crippen LogP contribution < -0.4 is 15.5 Å². The van der Waals surface area contributed by atoms with E-state index >= 15 is 0 Å². The normalized spacial score (nSPS) is 16.7. The van der Waals surface area contributed by atoms with Crippen LogP contribution in [0.25, 0.3) is 0 Å². The maximum absolute atomic E-state index is 12.3. The average Bonchev–Trinajstić information content (AvgIpc) is 3.16. The second-order valence-corrected chi connectivity index (χ2v) is 8.10. The zero-order valence-electron chi connectivity index (χ0n) is 16.3. The van der Waals surface area contributed by atoms with Gasteiger partial charge < -0.3 is 15.1 Å². The van der Waals surface area contributed by atoms with E-state index in [4.69, 9.17) is 0 Å². The van der Waals surface area contributed by atoms with Crippen molar-refractivity contribution < 1.29 is 4.79 Å². The van der Waals surface area contributed by atoms with Gasteiger partial charge in [0.2, 0.25) is 0 Å². The Morgan fingerprint density at radius 1 is 1.15 bits per heavy atom. The molecule has 1 saturated heterocycles. The van der Waals surface area contributed by atoms with Crippen molar-refractivity contribution in [2.45, 2.75) is 6.04 Å². The Morgan fingerprint density at radius 2 is 1.85 bits per heavy atom. The molecule has 2 aromatic rings. The molecule has 0 aliphatic carbocycles. The van der Waals surface area contributed by atoms with Crippen molar-refractivity contribution in [3.63, 3.8) is 0 Å². The third-order valence-corrected chi connectivity index (χ3v) is 5.77. The van der Waals surface area contributed by atoms with E-state index < -0.39 is 0 Å². The first-order chi connectivity index (χ1) is 13.0. The summed E-state index contributed by atoms with van der Waals surface area (Å²) < 4.78 is 0. The Labute approximate surface area is 165 Å². The zero-order valence-corrected chi connectivity index (χ0v) is 17.1. The minimum Gasteiger partial charge on any atom is -0.378 e. The molecule has 6 nitrogen and oxygen atoms in total. The quantitative estimate of drug-likeness (QED) is 0.800. The molecule has 1 fully saturated rings. The van der Waals surface area contributed by atoms with Gasteiger partial charge in [-0.05, 0) is 42.3 Å². The molecule has 1 unspecified atom stereocenters. The number of amides is 2. The average molecular weight is 388 g/mol. The lowest BCUT2D eigenvalue weighted by Gasteiger charge is -2.38. The molecular weight excluding hydrogens is 358 g/mol. The number of rotatable bonds is 6. The van der Waals surface area contributed by atoms with Gasteiger partial charge in [-0.1, -0.05) is 12.1 Å². The number of carbonyl (C=O) groups is 1. The summed E-state index contributed by atoms with van der Waals surface area (Å²) in [5.74, 6) is 0. The lowest BCUT2D eigenvalue weighted by Crippen LogP contribution is -2.48. The van der Waals surface area contributed by atoms with Crippen LogP contribution in [0.1, 0.15) is 11.6 Å². The lowest BCUT2D eigenvalue weighted by atomic mass is 10.0. The molecule has 0 radical (unpaired) electrons. The molecule has 3 rings (SSSR count). The van der Waals surface area contributed by atoms with Crippen molar-refractivity contribution in [3.8, 4) is 0 Å². The van der Waals surface area contributed by atoms with E-state index in [2.05, 4.69) is 56.6 Å². The van der Waals surface area contributed by atoms with Gasteiger partial charge >= 0.3 is 6.03 Å². The van der Waals surface area contributed by atoms with E-state index in [1.807, 2.05) is 31.6 Å². The van der Waals surface area contributed by atoms with E-state index in [9.17, 15) is 4.79 Å². The van der Waals surface area contributed by atoms with Gasteiger partial charge in [-0.2, -0.15) is 0 Å². The number of hydrogen-bond donors (Lipinski definition) is 2. The lowest BCUT2D eigenvalue weighted by molar-refractivity contribution is 0.111. The molecule has 2 heterocycles. The second-order valence-electron chi connectivity index (χ2n) is 7.15. The van der Waals surface area contributed by atoms with Gasteiger partial charge in [-0.15, -0.1) is 11.3 Å². The van der Waals surface area contributed by atoms with Crippen LogP contribution in [-0.4, -0.2) is 69.7 Å². The highest BCUT2D eigenvalue weighted by atomic mass is 32.1. The molecule has 1 aliphatic rings. The molecule has 1 aliphatic heterocycles. The third-order valence-electron chi connectivity index (χ3n) is 4.99. The van der Waals surface area contributed by atoms with E-state index in [1.54, 1.807) is 0 Å². The molecule has 146 valence electrons. The number of nitrogens with zero attached hydrogens (tertiary/aromatic N) is 3. The van der Waals surface area contributed by atoms with Gasteiger partial charge in [0.05, 0.1) is 11.0 Å². The number of nitrogens with one attached hydrogen (secondary N) is 2. The van der Waals surface area contributed by atoms with Crippen LogP contribution in [-0.2, 0) is 0 Å². The monoisotopic (exact) mass is 387 g/mol. The van der Waals surface area contributed by atoms with Crippen LogP contribution in [0.2, 0.25) is 0 Å². The van der Waals surface area contributed by atoms with Crippen molar-refractivity contribution in [1.82, 2.24) is 15.1 Å². The van der Waals surface area contributed by atoms with Crippen LogP contribution in [0.15, 0.2) is 41.8 Å². The highest BCUT2D eigenvalue weighted by Crippen LogP contribution is 2.24. The van der Waals surface area contributed by atoms with Gasteiger partial charge in [0.25, 0.3) is 0 Å². The van der Waals surface area contributed by atoms with Crippen molar-refractivity contribution in [1.29, 1.82) is 0 Å². The summed E-state index contributed by atoms with van der Waals surface area (Å²) in [5.41, 5.74) is 2.42. The second kappa shape index (κ2) is 9.21. The number of piperazine rings is 1. The Kier molecular flexibility index (Phi) is 6.71. The van der Waals surface area contributed by atoms with Crippen molar-refractivity contribution >= 4 is 28.1 Å². The standard InChI is InChI=1S/C20H29N5OS/c1-23(2)17-8-6-16(7-9-17)18(25-12-10-24(3)11-13-25)15-21-20(26)22-19-5-4-14-27-19/h4-9,14,18H,10-13,15H2,1-3H3,(H2,21,22,26). The number of benzene rings is 1. The Balaban J connectivity index is 1.68. The van der Waals surface area contributed by atoms with Gasteiger partial charge in [-0.3, -0.25) is 10.2 Å². The summed E-state index contributed by atoms with van der Waals surface area (Å²) in [7, 11) is 6.25. The predicted molar refractivity (Wildman–Crippen MR) is 114 cm³/mol. The molecule has 0 bridgehead atoms. The molecule has 7 heteroatoms. The van der Waals surface area contributed by atoms with Crippen LogP contribution in [0.4, 0.5) is 15.5 Å². The van der Waals surface area contributed by atoms with Crippen molar-refractivity contribution in [3.05, 3.63) is 47.3 Å². The van der Waals surface area contributed by atoms with Gasteiger partial charge in [-0.25, -0.2) is 4.79 Å². The molecule has 2 amide bonds. The predicted octanol–water partition coefficient (Wildman–Crippen LogP) is 2.92. The SMILES string of the molecule is CN1CCN(C(CNC(=O)Nc2cccs2)c2ccc(N(C)C)cc2)CC1. The number of anilines is 2. The summed E-state index contributed by atoms with van der Waals surface area (Å²) in [6.07, 6.45) is 0. The molecule has 2 N–H and O–H groups in total. The fourth-order valence-electron chi connectivity index (χ4n) is 3.28. The molecule has 1 atom stereocenters. The topological polar surface area (TPSA) is 50.9 Å². The Morgan fingerprint density at radius 3 is 2.44 bits per heavy atom. The highest BCUT2D eigenvalue weighted by molar-refractivity contribution is 7.14. The Bertz CT molecular complexity index is 708. The van der Waals surface area contributed by atoms with Crippen LogP contribution in [0.3, 0.4) is 0 Å². The zero-order chi connectivity index (χ0) is 19.2. The summed E-state index contributed by atoms with van der Waals surface area (Å²) in [4.78, 5) is 19.2. The van der Waals surface area contributed by atoms with E-state index in [0.29, 0.717) is 6.54 Å². The highest BCUT2D eigenvalue weighted by Gasteiger charge is 2.24. The van der Waals surface area contributed by atoms with Gasteiger partial charge in [0, 0.05) is 52.5 Å². The van der Waals surface area contributed by atoms with E-state index in [1.165, 1.54) is 22.6 Å². The maximum Gasteiger partial charge on any atom is 0.319 e. The Hall–Kier alpha value is -2.09. The number of thiophene rings is 1. The van der Waals surface area contributed by atoms with Gasteiger partial charge in [0.1, 0.15) is 0 Å². The van der Waals surface area contributed by atoms with Gasteiger partial charge in [0.15, 0.2) is 0 Å². The van der Waals surface area contributed by atoms with E-state index in [0.717, 1.165) is 31.2 Å². The smallest absolute Gasteiger partial charge is 0.319 e. The number of urea groups is 1. The summed E-state index contributed by atoms with van der Waals surface area (Å²) in [5, 5.41) is 8.77. The maximum atomic E-state index is 12.3. The molecule has 1 aromatic carbocycles. The molecule has 0 saturated carbocycles. The molecule has 27 heavy (non-hydrogen) atoms. The summed E-state index contributed by atoms with van der Waals surface area (Å²) in [6, 6.07) is 12.5. The van der Waals surface area contributed by atoms with Crippen LogP contribution >= 0.6 is 11.3 Å². The first-order valence-electron chi connectivity index (χ1n) is 9.31. The van der Waals surface area contributed by atoms with Crippen LogP contribution in [0, 0.1) is 0 Å². The molecule has 0 spiro atoms. The minimum absolute atomic E-state index is 0.151. The largest absolute Gasteiger partial charge is 0.378 e. The first-order valence-corrected chi connectivity index (χ1v) is 10.2. The van der Waals surface area contributed by atoms with Crippen molar-refractivity contribution in [2.75, 3.05) is 64.1 Å². The summed E-state index contributed by atoms with van der Waals surface area (Å²) in [6.45, 7) is 4.69.